The third-order valence-electron chi connectivity index (χ3n) is 5.65. The number of aryl methyl sites for hydroxylation is 1. The van der Waals surface area contributed by atoms with Gasteiger partial charge in [0, 0.05) is 30.9 Å². The lowest BCUT2D eigenvalue weighted by Crippen LogP contribution is -2.30. The van der Waals surface area contributed by atoms with E-state index in [0.717, 1.165) is 46.7 Å². The fourth-order valence-corrected chi connectivity index (χ4v) is 6.72. The zero-order valence-electron chi connectivity index (χ0n) is 17.7. The van der Waals surface area contributed by atoms with E-state index < -0.39 is 10.0 Å². The minimum atomic E-state index is -3.63. The number of rotatable bonds is 7. The Labute approximate surface area is 186 Å². The number of amides is 1. The highest BCUT2D eigenvalue weighted by molar-refractivity contribution is 7.89. The van der Waals surface area contributed by atoms with Crippen molar-refractivity contribution in [2.24, 2.45) is 0 Å². The normalized spacial score (nSPS) is 14.8. The molecule has 0 radical (unpaired) electrons. The van der Waals surface area contributed by atoms with E-state index in [4.69, 9.17) is 0 Å². The molecule has 9 heteroatoms. The average molecular weight is 459 g/mol. The summed E-state index contributed by atoms with van der Waals surface area (Å²) < 4.78 is 29.2. The molecule has 0 aliphatic carbocycles. The molecule has 1 amide bonds. The van der Waals surface area contributed by atoms with E-state index in [1.54, 1.807) is 5.38 Å². The molecule has 1 aromatic carbocycles. The second kappa shape index (κ2) is 8.94. The number of carbonyl (C=O) groups is 1. The van der Waals surface area contributed by atoms with Crippen molar-refractivity contribution in [2.45, 2.75) is 44.7 Å². The molecule has 1 aliphatic rings. The molecule has 3 aromatic rings. The summed E-state index contributed by atoms with van der Waals surface area (Å²) in [7, 11) is -3.63. The summed E-state index contributed by atoms with van der Waals surface area (Å²) in [4.78, 5) is 13.2. The molecule has 7 nitrogen and oxygen atoms in total. The van der Waals surface area contributed by atoms with Gasteiger partial charge in [-0.15, -0.1) is 11.3 Å². The van der Waals surface area contributed by atoms with Crippen LogP contribution in [-0.2, 0) is 23.1 Å². The monoisotopic (exact) mass is 458 g/mol. The van der Waals surface area contributed by atoms with Crippen molar-refractivity contribution in [2.75, 3.05) is 13.1 Å². The summed E-state index contributed by atoms with van der Waals surface area (Å²) in [6.07, 6.45) is 1.72. The van der Waals surface area contributed by atoms with E-state index >= 15 is 0 Å². The first-order chi connectivity index (χ1) is 14.9. The van der Waals surface area contributed by atoms with E-state index in [1.807, 2.05) is 36.7 Å². The second-order valence-corrected chi connectivity index (χ2v) is 10.5. The maximum absolute atomic E-state index is 12.9. The molecule has 164 valence electrons. The topological polar surface area (TPSA) is 84.3 Å². The van der Waals surface area contributed by atoms with E-state index in [-0.39, 0.29) is 15.7 Å². The van der Waals surface area contributed by atoms with Gasteiger partial charge in [-0.1, -0.05) is 30.3 Å². The second-order valence-electron chi connectivity index (χ2n) is 7.70. The first kappa shape index (κ1) is 21.7. The van der Waals surface area contributed by atoms with Crippen LogP contribution in [0.25, 0.3) is 0 Å². The lowest BCUT2D eigenvalue weighted by molar-refractivity contribution is 0.0952. The van der Waals surface area contributed by atoms with Crippen LogP contribution >= 0.6 is 11.3 Å². The molecule has 0 saturated carbocycles. The first-order valence-electron chi connectivity index (χ1n) is 10.3. The minimum Gasteiger partial charge on any atom is -0.347 e. The third kappa shape index (κ3) is 4.44. The molecule has 0 bridgehead atoms. The molecule has 1 aliphatic heterocycles. The van der Waals surface area contributed by atoms with Crippen molar-refractivity contribution in [3.05, 3.63) is 69.2 Å². The number of nitrogens with zero attached hydrogens (tertiary/aromatic N) is 3. The molecule has 1 N–H and O–H groups in total. The Hall–Kier alpha value is -2.49. The number of carbonyl (C=O) groups excluding carboxylic acids is 1. The van der Waals surface area contributed by atoms with Crippen LogP contribution in [0.5, 0.6) is 0 Å². The molecule has 2 aromatic heterocycles. The third-order valence-corrected chi connectivity index (χ3v) is 8.63. The zero-order chi connectivity index (χ0) is 22.0. The van der Waals surface area contributed by atoms with E-state index in [2.05, 4.69) is 22.5 Å². The maximum Gasteiger partial charge on any atom is 0.263 e. The van der Waals surface area contributed by atoms with Crippen molar-refractivity contribution in [3.8, 4) is 0 Å². The van der Waals surface area contributed by atoms with Gasteiger partial charge in [0.05, 0.1) is 12.2 Å². The Morgan fingerprint density at radius 3 is 2.55 bits per heavy atom. The van der Waals surface area contributed by atoms with Crippen LogP contribution in [0.3, 0.4) is 0 Å². The molecule has 4 rings (SSSR count). The predicted molar refractivity (Wildman–Crippen MR) is 121 cm³/mol. The Balaban J connectivity index is 1.48. The SMILES string of the molecule is Cc1nn(Cc2ccccc2)c(C)c1CNC(=O)c1sccc1S(=O)(=O)N1CCCC1. The fraction of sp³-hybridized carbons (Fsp3) is 0.364. The summed E-state index contributed by atoms with van der Waals surface area (Å²) in [5.41, 5.74) is 3.94. The number of aromatic nitrogens is 2. The van der Waals surface area contributed by atoms with Gasteiger partial charge in [0.2, 0.25) is 10.0 Å². The van der Waals surface area contributed by atoms with Gasteiger partial charge in [0.1, 0.15) is 9.77 Å². The van der Waals surface area contributed by atoms with Gasteiger partial charge in [0.15, 0.2) is 0 Å². The standard InChI is InChI=1S/C22H26N4O3S2/c1-16-19(17(2)26(24-16)15-18-8-4-3-5-9-18)14-23-22(27)21-20(10-13-30-21)31(28,29)25-11-6-7-12-25/h3-5,8-10,13H,6-7,11-12,14-15H2,1-2H3,(H,23,27). The van der Waals surface area contributed by atoms with Crippen molar-refractivity contribution in [3.63, 3.8) is 0 Å². The van der Waals surface area contributed by atoms with Crippen LogP contribution in [-0.4, -0.2) is 41.5 Å². The molecule has 0 unspecified atom stereocenters. The summed E-state index contributed by atoms with van der Waals surface area (Å²) >= 11 is 1.16. The van der Waals surface area contributed by atoms with Gasteiger partial charge in [-0.2, -0.15) is 9.40 Å². The van der Waals surface area contributed by atoms with Gasteiger partial charge in [-0.25, -0.2) is 8.42 Å². The van der Waals surface area contributed by atoms with Gasteiger partial charge >= 0.3 is 0 Å². The number of thiophene rings is 1. The molecule has 31 heavy (non-hydrogen) atoms. The van der Waals surface area contributed by atoms with Crippen LogP contribution in [0.2, 0.25) is 0 Å². The lowest BCUT2D eigenvalue weighted by atomic mass is 10.2. The Kier molecular flexibility index (Phi) is 6.27. The Bertz CT molecular complexity index is 1180. The van der Waals surface area contributed by atoms with E-state index in [1.165, 1.54) is 10.4 Å². The Morgan fingerprint density at radius 1 is 1.13 bits per heavy atom. The van der Waals surface area contributed by atoms with Crippen molar-refractivity contribution in [1.82, 2.24) is 19.4 Å². The number of hydrogen-bond acceptors (Lipinski definition) is 5. The average Bonchev–Trinajstić information content (AvgIpc) is 3.50. The van der Waals surface area contributed by atoms with E-state index in [0.29, 0.717) is 26.2 Å². The van der Waals surface area contributed by atoms with Gasteiger partial charge in [-0.05, 0) is 43.7 Å². The first-order valence-corrected chi connectivity index (χ1v) is 12.6. The minimum absolute atomic E-state index is 0.102. The smallest absolute Gasteiger partial charge is 0.263 e. The highest BCUT2D eigenvalue weighted by Crippen LogP contribution is 2.27. The maximum atomic E-state index is 12.9. The van der Waals surface area contributed by atoms with Crippen molar-refractivity contribution in [1.29, 1.82) is 0 Å². The summed E-state index contributed by atoms with van der Waals surface area (Å²) in [6, 6.07) is 11.6. The van der Waals surface area contributed by atoms with E-state index in [9.17, 15) is 13.2 Å². The van der Waals surface area contributed by atoms with Crippen LogP contribution < -0.4 is 5.32 Å². The summed E-state index contributed by atoms with van der Waals surface area (Å²) in [6.45, 7) is 5.89. The predicted octanol–water partition coefficient (Wildman–Crippen LogP) is 3.32. The summed E-state index contributed by atoms with van der Waals surface area (Å²) in [5.74, 6) is -0.373. The zero-order valence-corrected chi connectivity index (χ0v) is 19.3. The van der Waals surface area contributed by atoms with Crippen molar-refractivity contribution >= 4 is 27.3 Å². The number of nitrogens with one attached hydrogen (secondary N) is 1. The van der Waals surface area contributed by atoms with Crippen LogP contribution in [0.1, 0.15) is 45.0 Å². The van der Waals surface area contributed by atoms with Crippen LogP contribution in [0.4, 0.5) is 0 Å². The summed E-state index contributed by atoms with van der Waals surface area (Å²) in [5, 5.41) is 9.18. The van der Waals surface area contributed by atoms with Crippen molar-refractivity contribution < 1.29 is 13.2 Å². The van der Waals surface area contributed by atoms with Crippen LogP contribution in [0, 0.1) is 13.8 Å². The molecule has 1 saturated heterocycles. The molecule has 3 heterocycles. The molecule has 1 fully saturated rings. The van der Waals surface area contributed by atoms with Gasteiger partial charge in [-0.3, -0.25) is 9.48 Å². The van der Waals surface area contributed by atoms with Gasteiger partial charge in [0.25, 0.3) is 5.91 Å². The lowest BCUT2D eigenvalue weighted by Gasteiger charge is -2.15. The highest BCUT2D eigenvalue weighted by Gasteiger charge is 2.31. The Morgan fingerprint density at radius 2 is 1.84 bits per heavy atom. The molecular weight excluding hydrogens is 432 g/mol. The molecule has 0 spiro atoms. The molecular formula is C22H26N4O3S2. The number of sulfonamides is 1. The van der Waals surface area contributed by atoms with Crippen LogP contribution in [0.15, 0.2) is 46.7 Å². The highest BCUT2D eigenvalue weighted by atomic mass is 32.2. The number of benzene rings is 1. The molecule has 0 atom stereocenters. The fourth-order valence-electron chi connectivity index (χ4n) is 3.88. The largest absolute Gasteiger partial charge is 0.347 e. The number of hydrogen-bond donors (Lipinski definition) is 1. The quantitative estimate of drug-likeness (QED) is 0.589. The van der Waals surface area contributed by atoms with Gasteiger partial charge < -0.3 is 5.32 Å².